The fourth-order valence-corrected chi connectivity index (χ4v) is 0.322. The van der Waals surface area contributed by atoms with Crippen LogP contribution in [0.3, 0.4) is 0 Å². The summed E-state index contributed by atoms with van der Waals surface area (Å²) in [5.74, 6) is -0.388. The van der Waals surface area contributed by atoms with Crippen molar-refractivity contribution in [2.45, 2.75) is 13.2 Å². The van der Waals surface area contributed by atoms with Crippen LogP contribution >= 0.6 is 0 Å². The van der Waals surface area contributed by atoms with E-state index in [0.717, 1.165) is 6.08 Å². The van der Waals surface area contributed by atoms with Crippen molar-refractivity contribution in [3.63, 3.8) is 0 Å². The van der Waals surface area contributed by atoms with E-state index in [9.17, 15) is 13.2 Å². The fraction of sp³-hybridized carbons (Fsp3) is 0.625. The van der Waals surface area contributed by atoms with Gasteiger partial charge in [-0.2, -0.15) is 8.42 Å². The van der Waals surface area contributed by atoms with E-state index in [4.69, 9.17) is 9.29 Å². The molecule has 1 N–H and O–H groups in total. The molecule has 0 radical (unpaired) electrons. The van der Waals surface area contributed by atoms with Gasteiger partial charge in [-0.1, -0.05) is 6.58 Å². The Hall–Kier alpha value is -0.920. The number of carbonyl (C=O) groups excluding carboxylic acids is 1. The van der Waals surface area contributed by atoms with Crippen molar-refractivity contribution >= 4 is 16.1 Å². The van der Waals surface area contributed by atoms with Crippen LogP contribution in [0.5, 0.6) is 0 Å². The van der Waals surface area contributed by atoms with Crippen molar-refractivity contribution in [3.8, 4) is 0 Å². The summed E-state index contributed by atoms with van der Waals surface area (Å²) in [6.07, 6.45) is 1.68. The molecule has 0 saturated heterocycles. The second-order valence-electron chi connectivity index (χ2n) is 2.94. The summed E-state index contributed by atoms with van der Waals surface area (Å²) in [7, 11) is 0.00205. The number of rotatable bonds is 3. The lowest BCUT2D eigenvalue weighted by Gasteiger charge is -2.18. The predicted octanol–water partition coefficient (Wildman–Crippen LogP) is 0.127. The molecule has 0 amide bonds. The van der Waals surface area contributed by atoms with E-state index in [0.29, 0.717) is 6.26 Å². The maximum absolute atomic E-state index is 10.6. The van der Waals surface area contributed by atoms with Gasteiger partial charge in [0.2, 0.25) is 0 Å². The zero-order chi connectivity index (χ0) is 12.6. The zero-order valence-electron chi connectivity index (χ0n) is 9.30. The Morgan fingerprint density at radius 2 is 1.87 bits per heavy atom. The smallest absolute Gasteiger partial charge is 0.331 e. The van der Waals surface area contributed by atoms with Crippen LogP contribution in [0.4, 0.5) is 0 Å². The molecule has 0 saturated carbocycles. The molecule has 0 fully saturated rings. The van der Waals surface area contributed by atoms with Crippen molar-refractivity contribution in [2.75, 3.05) is 20.4 Å². The Morgan fingerprint density at radius 3 is 2.07 bits per heavy atom. The first kappa shape index (κ1) is 16.5. The maximum Gasteiger partial charge on any atom is 0.331 e. The average molecular weight is 239 g/mol. The lowest BCUT2D eigenvalue weighted by molar-refractivity contribution is -0.149. The Bertz CT molecular complexity index is 288. The summed E-state index contributed by atoms with van der Waals surface area (Å²) in [5, 5.41) is 0. The van der Waals surface area contributed by atoms with Crippen LogP contribution < -0.4 is 0 Å². The van der Waals surface area contributed by atoms with Gasteiger partial charge in [-0.05, 0) is 21.0 Å². The van der Waals surface area contributed by atoms with Crippen LogP contribution in [0.1, 0.15) is 6.92 Å². The van der Waals surface area contributed by atoms with Crippen LogP contribution in [-0.4, -0.2) is 50.4 Å². The maximum atomic E-state index is 10.6. The molecule has 0 aliphatic rings. The Labute approximate surface area is 90.3 Å². The van der Waals surface area contributed by atoms with Crippen LogP contribution in [0.15, 0.2) is 12.7 Å². The molecule has 1 unspecified atom stereocenters. The molecule has 0 rings (SSSR count). The molecule has 0 aromatic heterocycles. The summed E-state index contributed by atoms with van der Waals surface area (Å²) >= 11 is 0. The lowest BCUT2D eigenvalue weighted by Crippen LogP contribution is -2.29. The molecule has 0 aromatic rings. The van der Waals surface area contributed by atoms with Crippen molar-refractivity contribution < 1.29 is 22.5 Å². The topological polar surface area (TPSA) is 83.9 Å². The molecule has 0 spiro atoms. The molecule has 0 aliphatic carbocycles. The van der Waals surface area contributed by atoms with E-state index < -0.39 is 10.1 Å². The molecule has 0 aliphatic heterocycles. The van der Waals surface area contributed by atoms with E-state index >= 15 is 0 Å². The van der Waals surface area contributed by atoms with Gasteiger partial charge >= 0.3 is 5.97 Å². The highest BCUT2D eigenvalue weighted by Gasteiger charge is 2.06. The summed E-state index contributed by atoms with van der Waals surface area (Å²) in [6, 6.07) is 0. The zero-order valence-corrected chi connectivity index (χ0v) is 10.1. The van der Waals surface area contributed by atoms with E-state index in [1.165, 1.54) is 0 Å². The largest absolute Gasteiger partial charge is 0.444 e. The van der Waals surface area contributed by atoms with Crippen LogP contribution in [0, 0.1) is 0 Å². The van der Waals surface area contributed by atoms with Crippen LogP contribution in [0.25, 0.3) is 0 Å². The molecule has 15 heavy (non-hydrogen) atoms. The van der Waals surface area contributed by atoms with Gasteiger partial charge < -0.3 is 4.74 Å². The number of carbonyl (C=O) groups is 1. The van der Waals surface area contributed by atoms with Crippen molar-refractivity contribution in [1.29, 1.82) is 0 Å². The monoisotopic (exact) mass is 239 g/mol. The fourth-order valence-electron chi connectivity index (χ4n) is 0.322. The molecular weight excluding hydrogens is 222 g/mol. The SMILES string of the molecule is C=CC(=O)OC(C)N(C)C.CS(=O)(=O)O. The highest BCUT2D eigenvalue weighted by atomic mass is 32.2. The minimum atomic E-state index is -3.67. The predicted molar refractivity (Wildman–Crippen MR) is 56.9 cm³/mol. The molecule has 0 bridgehead atoms. The highest BCUT2D eigenvalue weighted by Crippen LogP contribution is 1.94. The van der Waals surface area contributed by atoms with Crippen molar-refractivity contribution in [2.24, 2.45) is 0 Å². The number of esters is 1. The molecular formula is C8H17NO5S. The van der Waals surface area contributed by atoms with Gasteiger partial charge in [0.15, 0.2) is 6.23 Å². The van der Waals surface area contributed by atoms with Crippen molar-refractivity contribution in [1.82, 2.24) is 4.90 Å². The van der Waals surface area contributed by atoms with E-state index in [-0.39, 0.29) is 12.2 Å². The van der Waals surface area contributed by atoms with Gasteiger partial charge in [-0.25, -0.2) is 4.79 Å². The van der Waals surface area contributed by atoms with Gasteiger partial charge in [0.05, 0.1) is 6.26 Å². The average Bonchev–Trinajstić information content (AvgIpc) is 2.00. The second-order valence-corrected chi connectivity index (χ2v) is 4.40. The lowest BCUT2D eigenvalue weighted by atomic mass is 10.6. The third kappa shape index (κ3) is 19.5. The van der Waals surface area contributed by atoms with E-state index in [1.807, 2.05) is 14.1 Å². The molecule has 90 valence electrons. The molecule has 1 atom stereocenters. The molecule has 0 heterocycles. The van der Waals surface area contributed by atoms with Gasteiger partial charge in [-0.3, -0.25) is 9.45 Å². The highest BCUT2D eigenvalue weighted by molar-refractivity contribution is 7.85. The molecule has 0 aromatic carbocycles. The number of ether oxygens (including phenoxy) is 1. The van der Waals surface area contributed by atoms with Crippen LogP contribution in [0.2, 0.25) is 0 Å². The Balaban J connectivity index is 0. The van der Waals surface area contributed by atoms with Crippen molar-refractivity contribution in [3.05, 3.63) is 12.7 Å². The summed E-state index contributed by atoms with van der Waals surface area (Å²) < 4.78 is 30.7. The van der Waals surface area contributed by atoms with Gasteiger partial charge in [-0.15, -0.1) is 0 Å². The van der Waals surface area contributed by atoms with Gasteiger partial charge in [0, 0.05) is 6.08 Å². The first-order chi connectivity index (χ1) is 6.57. The Kier molecular flexibility index (Phi) is 8.12. The summed E-state index contributed by atoms with van der Waals surface area (Å²) in [5.41, 5.74) is 0. The first-order valence-corrected chi connectivity index (χ1v) is 5.84. The summed E-state index contributed by atoms with van der Waals surface area (Å²) in [4.78, 5) is 12.4. The minimum Gasteiger partial charge on any atom is -0.444 e. The van der Waals surface area contributed by atoms with E-state index in [1.54, 1.807) is 11.8 Å². The Morgan fingerprint density at radius 1 is 1.53 bits per heavy atom. The quantitative estimate of drug-likeness (QED) is 0.326. The van der Waals surface area contributed by atoms with Crippen LogP contribution in [-0.2, 0) is 19.6 Å². The summed E-state index contributed by atoms with van der Waals surface area (Å²) in [6.45, 7) is 5.07. The number of hydrogen-bond donors (Lipinski definition) is 1. The number of hydrogen-bond acceptors (Lipinski definition) is 5. The molecule has 7 heteroatoms. The van der Waals surface area contributed by atoms with Gasteiger partial charge in [0.1, 0.15) is 0 Å². The minimum absolute atomic E-state index is 0.189. The number of nitrogens with zero attached hydrogens (tertiary/aromatic N) is 1. The normalized spacial score (nSPS) is 12.4. The van der Waals surface area contributed by atoms with E-state index in [2.05, 4.69) is 6.58 Å². The second kappa shape index (κ2) is 7.38. The van der Waals surface area contributed by atoms with Gasteiger partial charge in [0.25, 0.3) is 10.1 Å². The third-order valence-corrected chi connectivity index (χ3v) is 1.18. The third-order valence-electron chi connectivity index (χ3n) is 1.18. The molecule has 6 nitrogen and oxygen atoms in total. The first-order valence-electron chi connectivity index (χ1n) is 4.00. The standard InChI is InChI=1S/C7H13NO2.CH4O3S/c1-5-7(9)10-6(2)8(3)4;1-5(2,3)4/h5-6H,1H2,2-4H3;1H3,(H,2,3,4).